The summed E-state index contributed by atoms with van der Waals surface area (Å²) in [5.74, 6) is 1.28. The molecule has 1 aromatic carbocycles. The monoisotopic (exact) mass is 342 g/mol. The number of nitrogens with one attached hydrogen (secondary N) is 2. The number of hydrogen-bond donors (Lipinski definition) is 2. The molecule has 2 aliphatic rings. The summed E-state index contributed by atoms with van der Waals surface area (Å²) in [5.41, 5.74) is 8.37. The lowest BCUT2D eigenvalue weighted by molar-refractivity contribution is 0.0946. The van der Waals surface area contributed by atoms with Gasteiger partial charge in [0, 0.05) is 10.4 Å². The van der Waals surface area contributed by atoms with E-state index in [1.807, 2.05) is 24.3 Å². The Balaban J connectivity index is 1.40. The van der Waals surface area contributed by atoms with Crippen molar-refractivity contribution in [3.63, 3.8) is 0 Å². The van der Waals surface area contributed by atoms with Crippen molar-refractivity contribution in [3.8, 4) is 11.5 Å². The summed E-state index contributed by atoms with van der Waals surface area (Å²) in [6.07, 6.45) is 4.60. The number of ether oxygens (including phenoxy) is 2. The maximum absolute atomic E-state index is 12.3. The predicted octanol–water partition coefficient (Wildman–Crippen LogP) is 3.26. The van der Waals surface area contributed by atoms with Gasteiger partial charge in [0.05, 0.1) is 10.6 Å². The van der Waals surface area contributed by atoms with Crippen molar-refractivity contribution in [2.24, 2.45) is 0 Å². The summed E-state index contributed by atoms with van der Waals surface area (Å²) in [6.45, 7) is 4.20. The van der Waals surface area contributed by atoms with Gasteiger partial charge >= 0.3 is 0 Å². The highest BCUT2D eigenvalue weighted by Gasteiger charge is 2.18. The molecule has 6 heteroatoms. The lowest BCUT2D eigenvalue weighted by Crippen LogP contribution is -2.35. The topological polar surface area (TPSA) is 59.6 Å². The zero-order chi connectivity index (χ0) is 16.5. The van der Waals surface area contributed by atoms with Gasteiger partial charge in [0.1, 0.15) is 0 Å². The van der Waals surface area contributed by atoms with Gasteiger partial charge in [-0.05, 0) is 55.5 Å². The second-order valence-electron chi connectivity index (χ2n) is 5.89. The predicted molar refractivity (Wildman–Crippen MR) is 93.2 cm³/mol. The molecule has 1 amide bonds. The molecule has 2 N–H and O–H groups in total. The second kappa shape index (κ2) is 6.20. The molecule has 0 unspecified atom stereocenters. The Kier molecular flexibility index (Phi) is 3.90. The summed E-state index contributed by atoms with van der Waals surface area (Å²) in [6, 6.07) is 7.56. The Bertz CT molecular complexity index is 789. The molecule has 0 saturated carbocycles. The van der Waals surface area contributed by atoms with Crippen molar-refractivity contribution < 1.29 is 14.3 Å². The third-order valence-electron chi connectivity index (χ3n) is 4.27. The van der Waals surface area contributed by atoms with Gasteiger partial charge in [-0.15, -0.1) is 11.3 Å². The van der Waals surface area contributed by atoms with Gasteiger partial charge in [0.2, 0.25) is 6.79 Å². The van der Waals surface area contributed by atoms with Crippen LogP contribution in [0.4, 0.5) is 0 Å². The Morgan fingerprint density at radius 3 is 2.79 bits per heavy atom. The number of fused-ring (bicyclic) bond motifs is 2. The number of benzene rings is 1. The van der Waals surface area contributed by atoms with Crippen molar-refractivity contribution in [2.45, 2.75) is 25.7 Å². The van der Waals surface area contributed by atoms with Crippen LogP contribution < -0.4 is 20.3 Å². The van der Waals surface area contributed by atoms with E-state index in [4.69, 9.17) is 9.47 Å². The molecule has 0 radical (unpaired) electrons. The van der Waals surface area contributed by atoms with Gasteiger partial charge in [0.25, 0.3) is 5.91 Å². The number of carbonyl (C=O) groups excluding carboxylic acids is 1. The zero-order valence-electron chi connectivity index (χ0n) is 13.2. The van der Waals surface area contributed by atoms with Gasteiger partial charge in [-0.2, -0.15) is 0 Å². The van der Waals surface area contributed by atoms with Crippen LogP contribution in [-0.2, 0) is 12.8 Å². The van der Waals surface area contributed by atoms with E-state index in [2.05, 4.69) is 17.4 Å². The lowest BCUT2D eigenvalue weighted by Gasteiger charge is -2.11. The Morgan fingerprint density at radius 2 is 1.92 bits per heavy atom. The molecule has 1 aliphatic heterocycles. The molecule has 5 nitrogen and oxygen atoms in total. The number of aryl methyl sites for hydroxylation is 2. The normalized spacial score (nSPS) is 14.8. The van der Waals surface area contributed by atoms with Crippen molar-refractivity contribution in [2.75, 3.05) is 6.79 Å². The first-order chi connectivity index (χ1) is 11.7. The first-order valence-corrected chi connectivity index (χ1v) is 8.79. The standard InChI is InChI=1S/C18H18N2O3S/c1-11(12-6-7-14-15(8-12)23-10-22-14)19-20-18(21)17-9-13-4-2-3-5-16(13)24-17/h6-9,19H,1-5,10H2,(H,20,21). The quantitative estimate of drug-likeness (QED) is 0.838. The molecular formula is C18H18N2O3S. The molecule has 0 spiro atoms. The van der Waals surface area contributed by atoms with Crippen molar-refractivity contribution in [1.29, 1.82) is 0 Å². The summed E-state index contributed by atoms with van der Waals surface area (Å²) in [4.78, 5) is 14.4. The minimum atomic E-state index is -0.128. The van der Waals surface area contributed by atoms with Crippen LogP contribution >= 0.6 is 11.3 Å². The van der Waals surface area contributed by atoms with E-state index in [-0.39, 0.29) is 12.7 Å². The highest BCUT2D eigenvalue weighted by molar-refractivity contribution is 7.14. The molecule has 2 heterocycles. The zero-order valence-corrected chi connectivity index (χ0v) is 14.0. The number of hydrazine groups is 1. The maximum Gasteiger partial charge on any atom is 0.279 e. The van der Waals surface area contributed by atoms with Crippen LogP contribution in [0.25, 0.3) is 5.70 Å². The molecule has 1 aromatic heterocycles. The van der Waals surface area contributed by atoms with E-state index in [1.54, 1.807) is 11.3 Å². The first kappa shape index (κ1) is 15.1. The van der Waals surface area contributed by atoms with E-state index < -0.39 is 0 Å². The fourth-order valence-corrected chi connectivity index (χ4v) is 4.10. The highest BCUT2D eigenvalue weighted by atomic mass is 32.1. The Hall–Kier alpha value is -2.47. The number of hydrogen-bond acceptors (Lipinski definition) is 5. The van der Waals surface area contributed by atoms with Crippen molar-refractivity contribution in [1.82, 2.24) is 10.9 Å². The van der Waals surface area contributed by atoms with Gasteiger partial charge in [-0.3, -0.25) is 15.6 Å². The summed E-state index contributed by atoms with van der Waals surface area (Å²) in [5, 5.41) is 0. The molecule has 0 fully saturated rings. The molecule has 4 rings (SSSR count). The number of rotatable bonds is 4. The lowest BCUT2D eigenvalue weighted by atomic mass is 9.99. The average molecular weight is 342 g/mol. The molecule has 24 heavy (non-hydrogen) atoms. The van der Waals surface area contributed by atoms with Crippen LogP contribution in [0, 0.1) is 0 Å². The highest BCUT2D eigenvalue weighted by Crippen LogP contribution is 2.33. The minimum Gasteiger partial charge on any atom is -0.454 e. The minimum absolute atomic E-state index is 0.128. The maximum atomic E-state index is 12.3. The average Bonchev–Trinajstić information content (AvgIpc) is 3.24. The Morgan fingerprint density at radius 1 is 1.08 bits per heavy atom. The molecule has 2 aromatic rings. The van der Waals surface area contributed by atoms with Crippen LogP contribution in [0.5, 0.6) is 11.5 Å². The van der Waals surface area contributed by atoms with Gasteiger partial charge < -0.3 is 9.47 Å². The number of carbonyl (C=O) groups is 1. The van der Waals surface area contributed by atoms with Crippen LogP contribution in [0.3, 0.4) is 0 Å². The molecule has 124 valence electrons. The van der Waals surface area contributed by atoms with Gasteiger partial charge in [0.15, 0.2) is 11.5 Å². The molecule has 0 bridgehead atoms. The summed E-state index contributed by atoms with van der Waals surface area (Å²) >= 11 is 1.59. The number of thiophene rings is 1. The largest absolute Gasteiger partial charge is 0.454 e. The molecular weight excluding hydrogens is 324 g/mol. The fourth-order valence-electron chi connectivity index (χ4n) is 2.95. The first-order valence-electron chi connectivity index (χ1n) is 7.97. The van der Waals surface area contributed by atoms with Crippen molar-refractivity contribution in [3.05, 3.63) is 51.7 Å². The molecule has 1 aliphatic carbocycles. The number of amides is 1. The van der Waals surface area contributed by atoms with Crippen LogP contribution in [0.15, 0.2) is 30.8 Å². The van der Waals surface area contributed by atoms with Gasteiger partial charge in [-0.25, -0.2) is 0 Å². The van der Waals surface area contributed by atoms with E-state index in [9.17, 15) is 4.79 Å². The fraction of sp³-hybridized carbons (Fsp3) is 0.278. The van der Waals surface area contributed by atoms with E-state index in [0.717, 1.165) is 29.0 Å². The van der Waals surface area contributed by atoms with Crippen molar-refractivity contribution >= 4 is 22.9 Å². The third-order valence-corrected chi connectivity index (χ3v) is 5.50. The molecule has 0 saturated heterocycles. The van der Waals surface area contributed by atoms with Gasteiger partial charge in [-0.1, -0.05) is 6.58 Å². The van der Waals surface area contributed by atoms with E-state index >= 15 is 0 Å². The smallest absolute Gasteiger partial charge is 0.279 e. The third kappa shape index (κ3) is 2.85. The van der Waals surface area contributed by atoms with Crippen LogP contribution in [0.1, 0.15) is 38.5 Å². The summed E-state index contributed by atoms with van der Waals surface area (Å²) in [7, 11) is 0. The summed E-state index contributed by atoms with van der Waals surface area (Å²) < 4.78 is 10.6. The Labute approximate surface area is 144 Å². The van der Waals surface area contributed by atoms with E-state index in [0.29, 0.717) is 11.4 Å². The second-order valence-corrected chi connectivity index (χ2v) is 7.03. The SMILES string of the molecule is C=C(NNC(=O)c1cc2c(s1)CCCC2)c1ccc2c(c1)OCO2. The van der Waals surface area contributed by atoms with Crippen LogP contribution in [0.2, 0.25) is 0 Å². The van der Waals surface area contributed by atoms with Crippen LogP contribution in [-0.4, -0.2) is 12.7 Å². The molecule has 0 atom stereocenters. The van der Waals surface area contributed by atoms with E-state index in [1.165, 1.54) is 23.3 Å².